The Morgan fingerprint density at radius 2 is 0.620 bits per heavy atom. The number of quaternary nitrogens is 1. The molecule has 0 N–H and O–H groups in total. The second-order valence-electron chi connectivity index (χ2n) is 26.2. The summed E-state index contributed by atoms with van der Waals surface area (Å²) in [7, 11) is 5.92. The molecule has 0 aromatic rings. The average Bonchev–Trinajstić information content (AvgIpc) is 3.75. The van der Waals surface area contributed by atoms with Gasteiger partial charge in [-0.25, -0.2) is 0 Å². The van der Waals surface area contributed by atoms with Crippen molar-refractivity contribution in [3.8, 4) is 0 Å². The third-order valence-corrected chi connectivity index (χ3v) is 16.2. The lowest BCUT2D eigenvalue weighted by Gasteiger charge is -2.26. The predicted molar refractivity (Wildman–Crippen MR) is 393 cm³/mol. The SMILES string of the molecule is CC/C=C\C/C=C\C/C=C\C/C=C\C/C=C\C/C=C\C/C=C\C/C=C\C/C=C\C/C=C\C/C=C\CCCCCCCC(=O)OC(COC(=O)CCCCCCCCCCCCCCCCCCCCCCCCCCCCCC)COC(OCC[N+](C)(C)C)C(=O)[O-]. The molecule has 0 bridgehead atoms. The number of allylic oxidation sites excluding steroid dienone is 22. The number of carbonyl (C=O) groups is 3. The van der Waals surface area contributed by atoms with Gasteiger partial charge in [0.15, 0.2) is 12.4 Å². The minimum Gasteiger partial charge on any atom is -0.545 e. The maximum atomic E-state index is 12.9. The molecule has 2 atom stereocenters. The Hall–Kier alpha value is -4.57. The summed E-state index contributed by atoms with van der Waals surface area (Å²) in [6, 6.07) is 0. The molecule has 0 spiro atoms. The molecule has 0 fully saturated rings. The van der Waals surface area contributed by atoms with Crippen molar-refractivity contribution in [3.05, 3.63) is 134 Å². The Balaban J connectivity index is 4.17. The zero-order chi connectivity index (χ0) is 66.8. The third kappa shape index (κ3) is 72.8. The van der Waals surface area contributed by atoms with Gasteiger partial charge in [0, 0.05) is 12.8 Å². The highest BCUT2D eigenvalue weighted by Gasteiger charge is 2.22. The fourth-order valence-electron chi connectivity index (χ4n) is 10.4. The smallest absolute Gasteiger partial charge is 0.306 e. The van der Waals surface area contributed by atoms with Crippen molar-refractivity contribution in [2.75, 3.05) is 47.5 Å². The third-order valence-electron chi connectivity index (χ3n) is 16.2. The predicted octanol–water partition coefficient (Wildman–Crippen LogP) is 22.7. The molecule has 0 aliphatic heterocycles. The van der Waals surface area contributed by atoms with E-state index in [0.717, 1.165) is 122 Å². The normalized spacial score (nSPS) is 13.4. The number of aliphatic carboxylic acids is 1. The number of rotatable bonds is 69. The number of unbranched alkanes of at least 4 members (excludes halogenated alkanes) is 32. The second-order valence-corrected chi connectivity index (χ2v) is 26.2. The van der Waals surface area contributed by atoms with Gasteiger partial charge in [0.1, 0.15) is 13.2 Å². The first kappa shape index (κ1) is 87.4. The first-order valence-electron chi connectivity index (χ1n) is 37.8. The first-order chi connectivity index (χ1) is 45.1. The van der Waals surface area contributed by atoms with E-state index < -0.39 is 24.3 Å². The maximum Gasteiger partial charge on any atom is 0.306 e. The Labute approximate surface area is 567 Å². The summed E-state index contributed by atoms with van der Waals surface area (Å²) in [6.07, 6.45) is 101. The van der Waals surface area contributed by atoms with E-state index in [1.807, 2.05) is 21.1 Å². The molecule has 92 heavy (non-hydrogen) atoms. The number of ether oxygens (including phenoxy) is 4. The van der Waals surface area contributed by atoms with Crippen LogP contribution < -0.4 is 5.11 Å². The van der Waals surface area contributed by atoms with Crippen LogP contribution in [0.2, 0.25) is 0 Å². The van der Waals surface area contributed by atoms with Crippen molar-refractivity contribution in [1.82, 2.24) is 0 Å². The molecular weight excluding hydrogens is 1140 g/mol. The van der Waals surface area contributed by atoms with Crippen molar-refractivity contribution in [3.63, 3.8) is 0 Å². The van der Waals surface area contributed by atoms with E-state index in [0.29, 0.717) is 17.4 Å². The standard InChI is InChI=1S/C83H141NO8/c1-6-8-10-12-14-16-18-20-22-24-26-28-30-32-34-36-37-38-39-40-41-42-43-44-45-46-48-50-52-54-56-58-60-62-64-66-68-70-72-74-81(86)92-79(78-91-83(82(87)88)89-76-75-84(3,4)5)77-90-80(85)73-71-69-67-65-63-61-59-57-55-53-51-49-47-35-33-31-29-27-25-23-21-19-17-15-13-11-9-7-2/h8,10,14,16,20,22,26,28,32,34,37-38,40-41,43-44,46,48,52,54,58,60,79,83H,6-7,9,11-13,15,17-19,21,23-25,27,29-31,33,35-36,39,42,45,47,49-51,53,55-57,59,61-78H2,1-5H3/b10-8-,16-14-,22-20-,28-26-,34-32-,38-37-,41-40-,44-43-,48-46-,54-52-,60-58-. The fraction of sp³-hybridized carbons (Fsp3) is 0.699. The number of hydrogen-bond acceptors (Lipinski definition) is 8. The van der Waals surface area contributed by atoms with Crippen molar-refractivity contribution >= 4 is 17.9 Å². The van der Waals surface area contributed by atoms with Crippen LogP contribution in [0.1, 0.15) is 316 Å². The quantitative estimate of drug-likeness (QED) is 0.0195. The van der Waals surface area contributed by atoms with E-state index in [2.05, 4.69) is 148 Å². The summed E-state index contributed by atoms with van der Waals surface area (Å²) in [5, 5.41) is 11.8. The molecule has 0 heterocycles. The second kappa shape index (κ2) is 72.3. The number of nitrogens with zero attached hydrogens (tertiary/aromatic N) is 1. The van der Waals surface area contributed by atoms with Gasteiger partial charge in [-0.05, 0) is 96.3 Å². The van der Waals surface area contributed by atoms with Gasteiger partial charge in [-0.15, -0.1) is 0 Å². The molecule has 9 heteroatoms. The van der Waals surface area contributed by atoms with Crippen LogP contribution in [0.3, 0.4) is 0 Å². The van der Waals surface area contributed by atoms with Gasteiger partial charge in [-0.1, -0.05) is 340 Å². The molecule has 0 radical (unpaired) electrons. The van der Waals surface area contributed by atoms with E-state index in [4.69, 9.17) is 18.9 Å². The number of likely N-dealkylation sites (N-methyl/N-ethyl adjacent to an activating group) is 1. The molecule has 0 aliphatic rings. The summed E-state index contributed by atoms with van der Waals surface area (Å²) in [6.45, 7) is 4.64. The van der Waals surface area contributed by atoms with Gasteiger partial charge >= 0.3 is 11.9 Å². The van der Waals surface area contributed by atoms with Crippen LogP contribution in [0.25, 0.3) is 0 Å². The molecule has 0 rings (SSSR count). The Kier molecular flexibility index (Phi) is 68.7. The monoisotopic (exact) mass is 1280 g/mol. The molecule has 0 amide bonds. The Bertz CT molecular complexity index is 1980. The number of carboxylic acid groups (broad SMARTS) is 1. The van der Waals surface area contributed by atoms with Gasteiger partial charge < -0.3 is 33.3 Å². The van der Waals surface area contributed by atoms with Crippen LogP contribution in [-0.4, -0.2) is 82.3 Å². The molecule has 2 unspecified atom stereocenters. The van der Waals surface area contributed by atoms with Gasteiger partial charge in [0.25, 0.3) is 0 Å². The highest BCUT2D eigenvalue weighted by atomic mass is 16.7. The lowest BCUT2D eigenvalue weighted by atomic mass is 10.0. The summed E-state index contributed by atoms with van der Waals surface area (Å²) in [4.78, 5) is 37.5. The zero-order valence-corrected chi connectivity index (χ0v) is 60.1. The van der Waals surface area contributed by atoms with E-state index in [9.17, 15) is 19.5 Å². The van der Waals surface area contributed by atoms with Crippen molar-refractivity contribution in [1.29, 1.82) is 0 Å². The van der Waals surface area contributed by atoms with Gasteiger partial charge in [0.2, 0.25) is 0 Å². The highest BCUT2D eigenvalue weighted by molar-refractivity contribution is 5.70. The summed E-state index contributed by atoms with van der Waals surface area (Å²) < 4.78 is 22.8. The van der Waals surface area contributed by atoms with Gasteiger partial charge in [-0.3, -0.25) is 9.59 Å². The van der Waals surface area contributed by atoms with Crippen LogP contribution in [-0.2, 0) is 33.3 Å². The topological polar surface area (TPSA) is 111 Å². The van der Waals surface area contributed by atoms with Crippen molar-refractivity contribution in [2.45, 2.75) is 328 Å². The summed E-state index contributed by atoms with van der Waals surface area (Å²) in [5.74, 6) is -2.31. The lowest BCUT2D eigenvalue weighted by molar-refractivity contribution is -0.870. The van der Waals surface area contributed by atoms with Crippen molar-refractivity contribution in [2.24, 2.45) is 0 Å². The number of hydrogen-bond donors (Lipinski definition) is 0. The average molecular weight is 1280 g/mol. The van der Waals surface area contributed by atoms with Gasteiger partial charge in [-0.2, -0.15) is 0 Å². The molecule has 0 aromatic heterocycles. The molecule has 0 aromatic carbocycles. The van der Waals surface area contributed by atoms with Crippen LogP contribution in [0.15, 0.2) is 134 Å². The van der Waals surface area contributed by atoms with E-state index in [1.54, 1.807) is 0 Å². The largest absolute Gasteiger partial charge is 0.545 e. The molecule has 9 nitrogen and oxygen atoms in total. The summed E-state index contributed by atoms with van der Waals surface area (Å²) >= 11 is 0. The molecule has 0 saturated heterocycles. The van der Waals surface area contributed by atoms with Crippen LogP contribution in [0.4, 0.5) is 0 Å². The van der Waals surface area contributed by atoms with Crippen LogP contribution in [0.5, 0.6) is 0 Å². The lowest BCUT2D eigenvalue weighted by Crippen LogP contribution is -2.44. The number of esters is 2. The number of carbonyl (C=O) groups excluding carboxylic acids is 3. The Morgan fingerprint density at radius 3 is 0.924 bits per heavy atom. The van der Waals surface area contributed by atoms with Gasteiger partial charge in [0.05, 0.1) is 40.3 Å². The minimum absolute atomic E-state index is 0.139. The fourth-order valence-corrected chi connectivity index (χ4v) is 10.4. The first-order valence-corrected chi connectivity index (χ1v) is 37.8. The number of carboxylic acids is 1. The Morgan fingerprint density at radius 1 is 0.337 bits per heavy atom. The summed E-state index contributed by atoms with van der Waals surface area (Å²) in [5.41, 5.74) is 0. The molecule has 0 saturated carbocycles. The van der Waals surface area contributed by atoms with Crippen LogP contribution in [0, 0.1) is 0 Å². The highest BCUT2D eigenvalue weighted by Crippen LogP contribution is 2.18. The molecular formula is C83H141NO8. The van der Waals surface area contributed by atoms with Crippen LogP contribution >= 0.6 is 0 Å². The van der Waals surface area contributed by atoms with Crippen molar-refractivity contribution < 1.29 is 42.9 Å². The zero-order valence-electron chi connectivity index (χ0n) is 60.1. The minimum atomic E-state index is -1.63. The molecule has 526 valence electrons. The maximum absolute atomic E-state index is 12.9. The molecule has 0 aliphatic carbocycles. The van der Waals surface area contributed by atoms with E-state index in [1.165, 1.54) is 161 Å². The van der Waals surface area contributed by atoms with E-state index in [-0.39, 0.29) is 38.6 Å². The van der Waals surface area contributed by atoms with E-state index >= 15 is 0 Å².